The Morgan fingerprint density at radius 3 is 2.89 bits per heavy atom. The zero-order valence-corrected chi connectivity index (χ0v) is 11.5. The van der Waals surface area contributed by atoms with E-state index in [9.17, 15) is 0 Å². The molecule has 1 N–H and O–H groups in total. The largest absolute Gasteiger partial charge is 0.348 e. The highest BCUT2D eigenvalue weighted by Crippen LogP contribution is 2.22. The summed E-state index contributed by atoms with van der Waals surface area (Å²) in [5.41, 5.74) is 2.78. The number of H-pyrrole nitrogens is 1. The van der Waals surface area contributed by atoms with Gasteiger partial charge in [0.15, 0.2) is 0 Å². The Morgan fingerprint density at radius 2 is 2.16 bits per heavy atom. The second-order valence-corrected chi connectivity index (χ2v) is 5.49. The van der Waals surface area contributed by atoms with Gasteiger partial charge in [0.2, 0.25) is 0 Å². The number of aryl methyl sites for hydroxylation is 1. The van der Waals surface area contributed by atoms with Gasteiger partial charge in [-0.2, -0.15) is 0 Å². The Morgan fingerprint density at radius 1 is 1.32 bits per heavy atom. The van der Waals surface area contributed by atoms with E-state index < -0.39 is 0 Å². The highest BCUT2D eigenvalue weighted by Gasteiger charge is 2.25. The summed E-state index contributed by atoms with van der Waals surface area (Å²) in [7, 11) is 0. The van der Waals surface area contributed by atoms with Crippen molar-refractivity contribution in [3.63, 3.8) is 0 Å². The van der Waals surface area contributed by atoms with Gasteiger partial charge in [-0.1, -0.05) is 29.8 Å². The number of likely N-dealkylation sites (tertiary alicyclic amines) is 1. The maximum atomic E-state index is 4.34. The summed E-state index contributed by atoms with van der Waals surface area (Å²) in [6.07, 6.45) is 7.49. The number of nitrogens with zero attached hydrogens (tertiary/aromatic N) is 2. The highest BCUT2D eigenvalue weighted by atomic mass is 15.2. The van der Waals surface area contributed by atoms with Gasteiger partial charge in [-0.3, -0.25) is 4.90 Å². The Bertz CT molecular complexity index is 501. The first kappa shape index (κ1) is 12.4. The minimum Gasteiger partial charge on any atom is -0.348 e. The number of rotatable bonds is 4. The van der Waals surface area contributed by atoms with E-state index in [1.807, 2.05) is 12.4 Å². The number of benzene rings is 1. The normalized spacial score (nSPS) is 19.9. The predicted molar refractivity (Wildman–Crippen MR) is 76.9 cm³/mol. The van der Waals surface area contributed by atoms with Crippen LogP contribution in [0.4, 0.5) is 0 Å². The second kappa shape index (κ2) is 5.57. The summed E-state index contributed by atoms with van der Waals surface area (Å²) in [6, 6.07) is 9.60. The average Bonchev–Trinajstić information content (AvgIpc) is 3.06. The molecule has 1 atom stereocenters. The zero-order valence-electron chi connectivity index (χ0n) is 11.5. The van der Waals surface area contributed by atoms with Gasteiger partial charge in [-0.05, 0) is 38.3 Å². The van der Waals surface area contributed by atoms with Crippen LogP contribution in [-0.2, 0) is 13.0 Å². The molecule has 1 aliphatic rings. The molecule has 0 aliphatic carbocycles. The lowest BCUT2D eigenvalue weighted by atomic mass is 10.0. The fraction of sp³-hybridized carbons (Fsp3) is 0.438. The van der Waals surface area contributed by atoms with E-state index >= 15 is 0 Å². The highest BCUT2D eigenvalue weighted by molar-refractivity contribution is 5.22. The Balaban J connectivity index is 1.64. The van der Waals surface area contributed by atoms with Crippen LogP contribution < -0.4 is 0 Å². The standard InChI is InChI=1S/C16H21N3/c1-13-4-6-14(7-5-13)11-15-3-2-10-19(15)12-16-17-8-9-18-16/h4-9,15H,2-3,10-12H2,1H3,(H,17,18)/t15-/m1/s1. The molecular formula is C16H21N3. The van der Waals surface area contributed by atoms with Crippen molar-refractivity contribution in [2.24, 2.45) is 0 Å². The fourth-order valence-corrected chi connectivity index (χ4v) is 2.91. The number of imidazole rings is 1. The maximum Gasteiger partial charge on any atom is 0.120 e. The van der Waals surface area contributed by atoms with E-state index in [4.69, 9.17) is 0 Å². The summed E-state index contributed by atoms with van der Waals surface area (Å²) < 4.78 is 0. The minimum absolute atomic E-state index is 0.660. The molecule has 0 radical (unpaired) electrons. The topological polar surface area (TPSA) is 31.9 Å². The monoisotopic (exact) mass is 255 g/mol. The molecule has 0 saturated carbocycles. The van der Waals surface area contributed by atoms with Crippen molar-refractivity contribution >= 4 is 0 Å². The fourth-order valence-electron chi connectivity index (χ4n) is 2.91. The Labute approximate surface area is 114 Å². The first-order chi connectivity index (χ1) is 9.31. The first-order valence-corrected chi connectivity index (χ1v) is 7.09. The molecule has 3 rings (SSSR count). The molecular weight excluding hydrogens is 234 g/mol. The summed E-state index contributed by atoms with van der Waals surface area (Å²) in [4.78, 5) is 10.1. The van der Waals surface area contributed by atoms with Gasteiger partial charge in [0.05, 0.1) is 6.54 Å². The van der Waals surface area contributed by atoms with Crippen molar-refractivity contribution in [2.45, 2.75) is 38.8 Å². The van der Waals surface area contributed by atoms with E-state index in [0.717, 1.165) is 18.8 Å². The lowest BCUT2D eigenvalue weighted by Crippen LogP contribution is -2.31. The van der Waals surface area contributed by atoms with Crippen LogP contribution >= 0.6 is 0 Å². The van der Waals surface area contributed by atoms with Crippen molar-refractivity contribution in [1.29, 1.82) is 0 Å². The minimum atomic E-state index is 0.660. The maximum absolute atomic E-state index is 4.34. The average molecular weight is 255 g/mol. The zero-order chi connectivity index (χ0) is 13.1. The van der Waals surface area contributed by atoms with E-state index in [1.54, 1.807) is 0 Å². The molecule has 0 amide bonds. The van der Waals surface area contributed by atoms with Crippen molar-refractivity contribution in [2.75, 3.05) is 6.54 Å². The van der Waals surface area contributed by atoms with Gasteiger partial charge in [-0.25, -0.2) is 4.98 Å². The number of hydrogen-bond acceptors (Lipinski definition) is 2. The Hall–Kier alpha value is -1.61. The lowest BCUT2D eigenvalue weighted by Gasteiger charge is -2.23. The van der Waals surface area contributed by atoms with Gasteiger partial charge < -0.3 is 4.98 Å². The van der Waals surface area contributed by atoms with Crippen LogP contribution in [0, 0.1) is 6.92 Å². The quantitative estimate of drug-likeness (QED) is 0.911. The molecule has 1 fully saturated rings. The molecule has 0 bridgehead atoms. The Kier molecular flexibility index (Phi) is 3.65. The summed E-state index contributed by atoms with van der Waals surface area (Å²) in [5, 5.41) is 0. The van der Waals surface area contributed by atoms with Gasteiger partial charge in [0, 0.05) is 18.4 Å². The lowest BCUT2D eigenvalue weighted by molar-refractivity contribution is 0.238. The molecule has 2 heterocycles. The molecule has 2 aromatic rings. The molecule has 1 saturated heterocycles. The number of aromatic nitrogens is 2. The van der Waals surface area contributed by atoms with E-state index in [2.05, 4.69) is 46.1 Å². The molecule has 1 aliphatic heterocycles. The SMILES string of the molecule is Cc1ccc(C[C@H]2CCCN2Cc2ncc[nH]2)cc1. The number of nitrogens with one attached hydrogen (secondary N) is 1. The van der Waals surface area contributed by atoms with Crippen LogP contribution in [0.5, 0.6) is 0 Å². The number of hydrogen-bond donors (Lipinski definition) is 1. The predicted octanol–water partition coefficient (Wildman–Crippen LogP) is 2.93. The van der Waals surface area contributed by atoms with E-state index in [1.165, 1.54) is 30.5 Å². The van der Waals surface area contributed by atoms with Gasteiger partial charge in [0.25, 0.3) is 0 Å². The van der Waals surface area contributed by atoms with Crippen molar-refractivity contribution < 1.29 is 0 Å². The third kappa shape index (κ3) is 3.04. The van der Waals surface area contributed by atoms with Crippen molar-refractivity contribution in [1.82, 2.24) is 14.9 Å². The molecule has 0 unspecified atom stereocenters. The van der Waals surface area contributed by atoms with Crippen LogP contribution in [0.25, 0.3) is 0 Å². The van der Waals surface area contributed by atoms with E-state index in [0.29, 0.717) is 6.04 Å². The summed E-state index contributed by atoms with van der Waals surface area (Å²) in [5.74, 6) is 1.08. The second-order valence-electron chi connectivity index (χ2n) is 5.49. The third-order valence-corrected chi connectivity index (χ3v) is 4.00. The molecule has 0 spiro atoms. The van der Waals surface area contributed by atoms with Gasteiger partial charge >= 0.3 is 0 Å². The molecule has 1 aromatic heterocycles. The molecule has 3 nitrogen and oxygen atoms in total. The van der Waals surface area contributed by atoms with Crippen LogP contribution in [0.1, 0.15) is 29.8 Å². The molecule has 1 aromatic carbocycles. The van der Waals surface area contributed by atoms with Gasteiger partial charge in [-0.15, -0.1) is 0 Å². The van der Waals surface area contributed by atoms with Crippen molar-refractivity contribution in [3.8, 4) is 0 Å². The van der Waals surface area contributed by atoms with Crippen LogP contribution in [-0.4, -0.2) is 27.5 Å². The molecule has 100 valence electrons. The van der Waals surface area contributed by atoms with Crippen molar-refractivity contribution in [3.05, 3.63) is 53.6 Å². The van der Waals surface area contributed by atoms with E-state index in [-0.39, 0.29) is 0 Å². The summed E-state index contributed by atoms with van der Waals surface area (Å²) >= 11 is 0. The smallest absolute Gasteiger partial charge is 0.120 e. The molecule has 3 heteroatoms. The van der Waals surface area contributed by atoms with Crippen LogP contribution in [0.2, 0.25) is 0 Å². The third-order valence-electron chi connectivity index (χ3n) is 4.00. The van der Waals surface area contributed by atoms with Gasteiger partial charge in [0.1, 0.15) is 5.82 Å². The molecule has 19 heavy (non-hydrogen) atoms. The number of aromatic amines is 1. The first-order valence-electron chi connectivity index (χ1n) is 7.09. The van der Waals surface area contributed by atoms with Crippen LogP contribution in [0.3, 0.4) is 0 Å². The summed E-state index contributed by atoms with van der Waals surface area (Å²) in [6.45, 7) is 4.28. The van der Waals surface area contributed by atoms with Crippen LogP contribution in [0.15, 0.2) is 36.7 Å².